The van der Waals surface area contributed by atoms with E-state index in [-0.39, 0.29) is 12.0 Å². The van der Waals surface area contributed by atoms with E-state index in [9.17, 15) is 5.11 Å². The van der Waals surface area contributed by atoms with Crippen LogP contribution in [0.3, 0.4) is 0 Å². The Morgan fingerprint density at radius 3 is 2.60 bits per heavy atom. The first kappa shape index (κ1) is 10.4. The van der Waals surface area contributed by atoms with Crippen LogP contribution >= 0.6 is 0 Å². The van der Waals surface area contributed by atoms with Crippen molar-refractivity contribution in [2.45, 2.75) is 31.8 Å². The minimum absolute atomic E-state index is 0.265. The molecule has 15 heavy (non-hydrogen) atoms. The Hall–Kier alpha value is -1.08. The van der Waals surface area contributed by atoms with Crippen LogP contribution in [0.25, 0.3) is 0 Å². The van der Waals surface area contributed by atoms with E-state index in [1.165, 1.54) is 18.4 Å². The van der Waals surface area contributed by atoms with Crippen molar-refractivity contribution in [3.05, 3.63) is 48.0 Å². The minimum Gasteiger partial charge on any atom is -0.388 e. The van der Waals surface area contributed by atoms with E-state index < -0.39 is 0 Å². The second-order valence-corrected chi connectivity index (χ2v) is 4.37. The highest BCUT2D eigenvalue weighted by Gasteiger charge is 2.25. The maximum Gasteiger partial charge on any atom is 0.0855 e. The summed E-state index contributed by atoms with van der Waals surface area (Å²) in [6, 6.07) is 9.92. The van der Waals surface area contributed by atoms with Crippen molar-refractivity contribution < 1.29 is 5.11 Å². The van der Waals surface area contributed by atoms with Crippen LogP contribution in [-0.4, -0.2) is 5.11 Å². The van der Waals surface area contributed by atoms with E-state index in [2.05, 4.69) is 6.58 Å². The Morgan fingerprint density at radius 2 is 1.93 bits per heavy atom. The van der Waals surface area contributed by atoms with Gasteiger partial charge in [0.1, 0.15) is 0 Å². The molecule has 0 heterocycles. The second-order valence-electron chi connectivity index (χ2n) is 4.37. The summed E-state index contributed by atoms with van der Waals surface area (Å²) in [6.45, 7) is 4.08. The molecule has 1 nitrogen and oxygen atoms in total. The van der Waals surface area contributed by atoms with E-state index in [4.69, 9.17) is 0 Å². The van der Waals surface area contributed by atoms with E-state index in [0.717, 1.165) is 18.4 Å². The molecule has 0 aromatic heterocycles. The molecule has 0 aliphatic heterocycles. The van der Waals surface area contributed by atoms with Gasteiger partial charge in [0.25, 0.3) is 0 Å². The molecule has 80 valence electrons. The van der Waals surface area contributed by atoms with Gasteiger partial charge in [-0.15, -0.1) is 0 Å². The van der Waals surface area contributed by atoms with Crippen molar-refractivity contribution in [1.29, 1.82) is 0 Å². The van der Waals surface area contributed by atoms with Crippen molar-refractivity contribution in [2.75, 3.05) is 0 Å². The van der Waals surface area contributed by atoms with E-state index in [1.54, 1.807) is 0 Å². The summed E-state index contributed by atoms with van der Waals surface area (Å²) >= 11 is 0. The molecule has 1 aromatic rings. The van der Waals surface area contributed by atoms with E-state index in [0.29, 0.717) is 0 Å². The van der Waals surface area contributed by atoms with Crippen LogP contribution in [0.2, 0.25) is 0 Å². The highest BCUT2D eigenvalue weighted by atomic mass is 16.3. The number of aliphatic hydroxyl groups excluding tert-OH is 1. The quantitative estimate of drug-likeness (QED) is 0.728. The molecule has 0 saturated heterocycles. The van der Waals surface area contributed by atoms with Gasteiger partial charge in [-0.3, -0.25) is 0 Å². The normalized spacial score (nSPS) is 23.8. The van der Waals surface area contributed by atoms with Gasteiger partial charge in [-0.25, -0.2) is 0 Å². The van der Waals surface area contributed by atoms with Crippen LogP contribution in [0, 0.1) is 5.92 Å². The molecule has 1 aliphatic carbocycles. The molecule has 1 N–H and O–H groups in total. The van der Waals surface area contributed by atoms with Crippen LogP contribution in [0.15, 0.2) is 42.5 Å². The highest BCUT2D eigenvalue weighted by molar-refractivity contribution is 5.21. The standard InChI is InChI=1S/C14H18O/c1-11-7-5-6-10-13(11)14(15)12-8-3-2-4-9-12/h2-4,8-9,13-15H,1,5-7,10H2/t13-,14+/m1/s1. The van der Waals surface area contributed by atoms with Crippen LogP contribution in [-0.2, 0) is 0 Å². The third-order valence-electron chi connectivity index (χ3n) is 3.31. The van der Waals surface area contributed by atoms with Gasteiger partial charge in [0.15, 0.2) is 0 Å². The largest absolute Gasteiger partial charge is 0.388 e. The average molecular weight is 202 g/mol. The second kappa shape index (κ2) is 4.63. The fourth-order valence-electron chi connectivity index (χ4n) is 2.37. The lowest BCUT2D eigenvalue weighted by molar-refractivity contribution is 0.112. The molecule has 0 bridgehead atoms. The molecule has 1 fully saturated rings. The van der Waals surface area contributed by atoms with Crippen molar-refractivity contribution >= 4 is 0 Å². The molecule has 2 atom stereocenters. The molecule has 2 rings (SSSR count). The Bertz CT molecular complexity index is 328. The highest BCUT2D eigenvalue weighted by Crippen LogP contribution is 2.37. The van der Waals surface area contributed by atoms with Gasteiger partial charge in [-0.05, 0) is 24.8 Å². The Labute approximate surface area is 91.4 Å². The zero-order valence-corrected chi connectivity index (χ0v) is 9.02. The van der Waals surface area contributed by atoms with Gasteiger partial charge in [0, 0.05) is 5.92 Å². The van der Waals surface area contributed by atoms with Gasteiger partial charge < -0.3 is 5.11 Å². The zero-order chi connectivity index (χ0) is 10.7. The molecular formula is C14H18O. The third-order valence-corrected chi connectivity index (χ3v) is 3.31. The third kappa shape index (κ3) is 2.29. The summed E-state index contributed by atoms with van der Waals surface area (Å²) in [5, 5.41) is 10.3. The van der Waals surface area contributed by atoms with Crippen LogP contribution in [0.1, 0.15) is 37.4 Å². The lowest BCUT2D eigenvalue weighted by Gasteiger charge is -2.29. The first-order valence-corrected chi connectivity index (χ1v) is 5.69. The minimum atomic E-state index is -0.362. The van der Waals surface area contributed by atoms with Gasteiger partial charge >= 0.3 is 0 Å². The monoisotopic (exact) mass is 202 g/mol. The summed E-state index contributed by atoms with van der Waals surface area (Å²) in [7, 11) is 0. The number of hydrogen-bond acceptors (Lipinski definition) is 1. The van der Waals surface area contributed by atoms with Crippen molar-refractivity contribution in [3.8, 4) is 0 Å². The molecule has 0 radical (unpaired) electrons. The number of hydrogen-bond donors (Lipinski definition) is 1. The molecule has 1 aliphatic rings. The summed E-state index contributed by atoms with van der Waals surface area (Å²) in [6.07, 6.45) is 4.24. The van der Waals surface area contributed by atoms with Gasteiger partial charge in [0.05, 0.1) is 6.10 Å². The van der Waals surface area contributed by atoms with Gasteiger partial charge in [-0.1, -0.05) is 48.9 Å². The lowest BCUT2D eigenvalue weighted by Crippen LogP contribution is -2.18. The predicted octanol–water partition coefficient (Wildman–Crippen LogP) is 3.47. The fraction of sp³-hybridized carbons (Fsp3) is 0.429. The fourth-order valence-corrected chi connectivity index (χ4v) is 2.37. The van der Waals surface area contributed by atoms with Crippen molar-refractivity contribution in [2.24, 2.45) is 5.92 Å². The number of rotatable bonds is 2. The Kier molecular flexibility index (Phi) is 3.22. The van der Waals surface area contributed by atoms with E-state index in [1.807, 2.05) is 30.3 Å². The summed E-state index contributed by atoms with van der Waals surface area (Å²) in [4.78, 5) is 0. The first-order valence-electron chi connectivity index (χ1n) is 5.69. The van der Waals surface area contributed by atoms with Crippen LogP contribution in [0.5, 0.6) is 0 Å². The number of aliphatic hydroxyl groups is 1. The predicted molar refractivity (Wildman–Crippen MR) is 62.5 cm³/mol. The topological polar surface area (TPSA) is 20.2 Å². The lowest BCUT2D eigenvalue weighted by atomic mass is 9.79. The molecule has 0 unspecified atom stereocenters. The average Bonchev–Trinajstić information content (AvgIpc) is 2.30. The maximum atomic E-state index is 10.3. The van der Waals surface area contributed by atoms with Crippen molar-refractivity contribution in [1.82, 2.24) is 0 Å². The zero-order valence-electron chi connectivity index (χ0n) is 9.02. The maximum absolute atomic E-state index is 10.3. The molecule has 0 amide bonds. The molecule has 1 heteroatoms. The summed E-state index contributed by atoms with van der Waals surface area (Å²) in [5.74, 6) is 0.265. The van der Waals surface area contributed by atoms with Crippen LogP contribution < -0.4 is 0 Å². The molecular weight excluding hydrogens is 184 g/mol. The smallest absolute Gasteiger partial charge is 0.0855 e. The Morgan fingerprint density at radius 1 is 1.20 bits per heavy atom. The van der Waals surface area contributed by atoms with Crippen molar-refractivity contribution in [3.63, 3.8) is 0 Å². The van der Waals surface area contributed by atoms with Gasteiger partial charge in [-0.2, -0.15) is 0 Å². The summed E-state index contributed by atoms with van der Waals surface area (Å²) < 4.78 is 0. The SMILES string of the molecule is C=C1CCCC[C@H]1[C@@H](O)c1ccccc1. The van der Waals surface area contributed by atoms with E-state index >= 15 is 0 Å². The molecule has 1 saturated carbocycles. The summed E-state index contributed by atoms with van der Waals surface area (Å²) in [5.41, 5.74) is 2.24. The first-order chi connectivity index (χ1) is 7.29. The number of benzene rings is 1. The van der Waals surface area contributed by atoms with Gasteiger partial charge in [0.2, 0.25) is 0 Å². The van der Waals surface area contributed by atoms with Crippen LogP contribution in [0.4, 0.5) is 0 Å². The molecule has 0 spiro atoms. The Balaban J connectivity index is 2.13. The molecule has 1 aromatic carbocycles.